The molecule has 4 nitrogen and oxygen atoms in total. The largest absolute Gasteiger partial charge is 0.380 e. The third kappa shape index (κ3) is 4.89. The Balaban J connectivity index is 2.58. The minimum Gasteiger partial charge on any atom is -0.380 e. The van der Waals surface area contributed by atoms with Crippen LogP contribution >= 0.6 is 31.9 Å². The van der Waals surface area contributed by atoms with E-state index in [1.165, 1.54) is 4.90 Å². The van der Waals surface area contributed by atoms with E-state index in [9.17, 15) is 9.59 Å². The van der Waals surface area contributed by atoms with Gasteiger partial charge in [-0.05, 0) is 43.7 Å². The van der Waals surface area contributed by atoms with Gasteiger partial charge in [0, 0.05) is 12.0 Å². The maximum atomic E-state index is 12.0. The standard InChI is InChI=1S/C15H23Br2NO3/c1-6-14(2,3)8-21-9-15(4,5)7-18-12(19)10(16)11(17)13(18)20/h6-9H2,1-5H3. The summed E-state index contributed by atoms with van der Waals surface area (Å²) in [6.07, 6.45) is 1.04. The molecule has 0 radical (unpaired) electrons. The Morgan fingerprint density at radius 2 is 1.38 bits per heavy atom. The van der Waals surface area contributed by atoms with Gasteiger partial charge in [-0.1, -0.05) is 34.6 Å². The number of ether oxygens (including phenoxy) is 1. The Hall–Kier alpha value is -0.200. The Morgan fingerprint density at radius 1 is 0.952 bits per heavy atom. The van der Waals surface area contributed by atoms with Gasteiger partial charge in [-0.2, -0.15) is 0 Å². The fourth-order valence-electron chi connectivity index (χ4n) is 1.84. The quantitative estimate of drug-likeness (QED) is 0.583. The van der Waals surface area contributed by atoms with Crippen LogP contribution in [0.15, 0.2) is 8.96 Å². The topological polar surface area (TPSA) is 46.6 Å². The van der Waals surface area contributed by atoms with Crippen LogP contribution in [-0.4, -0.2) is 36.5 Å². The zero-order valence-electron chi connectivity index (χ0n) is 13.3. The van der Waals surface area contributed by atoms with E-state index < -0.39 is 0 Å². The number of rotatable bonds is 7. The van der Waals surface area contributed by atoms with E-state index in [0.29, 0.717) is 19.8 Å². The number of amides is 2. The summed E-state index contributed by atoms with van der Waals surface area (Å²) in [5.74, 6) is -0.595. The molecule has 6 heteroatoms. The number of carbonyl (C=O) groups excluding carboxylic acids is 2. The molecular weight excluding hydrogens is 402 g/mol. The van der Waals surface area contributed by atoms with Crippen molar-refractivity contribution in [2.45, 2.75) is 41.0 Å². The molecule has 0 aromatic rings. The van der Waals surface area contributed by atoms with E-state index in [1.807, 2.05) is 13.8 Å². The Bertz CT molecular complexity index is 446. The minimum atomic E-state index is -0.297. The summed E-state index contributed by atoms with van der Waals surface area (Å²) in [5.41, 5.74) is -0.150. The van der Waals surface area contributed by atoms with Crippen molar-refractivity contribution < 1.29 is 14.3 Å². The Labute approximate surface area is 143 Å². The van der Waals surface area contributed by atoms with Crippen molar-refractivity contribution in [1.82, 2.24) is 4.90 Å². The third-order valence-corrected chi connectivity index (χ3v) is 5.59. The molecule has 0 saturated carbocycles. The Kier molecular flexibility index (Phi) is 6.21. The normalized spacial score (nSPS) is 17.2. The first-order chi connectivity index (χ1) is 9.51. The number of halogens is 2. The van der Waals surface area contributed by atoms with Crippen LogP contribution in [0.5, 0.6) is 0 Å². The summed E-state index contributed by atoms with van der Waals surface area (Å²) in [6, 6.07) is 0. The molecule has 1 rings (SSSR count). The van der Waals surface area contributed by atoms with Gasteiger partial charge in [0.15, 0.2) is 0 Å². The lowest BCUT2D eigenvalue weighted by molar-refractivity contribution is -0.139. The van der Waals surface area contributed by atoms with Gasteiger partial charge in [-0.3, -0.25) is 14.5 Å². The van der Waals surface area contributed by atoms with Gasteiger partial charge in [0.1, 0.15) is 8.96 Å². The van der Waals surface area contributed by atoms with Crippen LogP contribution in [0, 0.1) is 10.8 Å². The molecule has 0 aliphatic carbocycles. The van der Waals surface area contributed by atoms with Crippen molar-refractivity contribution in [1.29, 1.82) is 0 Å². The van der Waals surface area contributed by atoms with Crippen molar-refractivity contribution >= 4 is 43.7 Å². The van der Waals surface area contributed by atoms with E-state index >= 15 is 0 Å². The second-order valence-electron chi connectivity index (χ2n) is 7.00. The lowest BCUT2D eigenvalue weighted by Gasteiger charge is -2.31. The average Bonchev–Trinajstić information content (AvgIpc) is 2.56. The van der Waals surface area contributed by atoms with Gasteiger partial charge in [0.25, 0.3) is 11.8 Å². The molecule has 0 saturated heterocycles. The fraction of sp³-hybridized carbons (Fsp3) is 0.733. The molecule has 21 heavy (non-hydrogen) atoms. The molecule has 0 N–H and O–H groups in total. The Morgan fingerprint density at radius 3 is 1.81 bits per heavy atom. The molecule has 0 aromatic carbocycles. The van der Waals surface area contributed by atoms with Gasteiger partial charge in [0.2, 0.25) is 0 Å². The first-order valence-electron chi connectivity index (χ1n) is 7.00. The smallest absolute Gasteiger partial charge is 0.269 e. The van der Waals surface area contributed by atoms with Crippen molar-refractivity contribution in [2.24, 2.45) is 10.8 Å². The van der Waals surface area contributed by atoms with Crippen LogP contribution in [0.25, 0.3) is 0 Å². The van der Waals surface area contributed by atoms with Crippen molar-refractivity contribution in [3.8, 4) is 0 Å². The van der Waals surface area contributed by atoms with Gasteiger partial charge in [-0.15, -0.1) is 0 Å². The maximum absolute atomic E-state index is 12.0. The highest BCUT2D eigenvalue weighted by Gasteiger charge is 2.39. The molecule has 1 aliphatic rings. The second kappa shape index (κ2) is 6.92. The first kappa shape index (κ1) is 18.8. The number of hydrogen-bond acceptors (Lipinski definition) is 3. The summed E-state index contributed by atoms with van der Waals surface area (Å²) in [6.45, 7) is 11.9. The van der Waals surface area contributed by atoms with Crippen LogP contribution in [-0.2, 0) is 14.3 Å². The summed E-state index contributed by atoms with van der Waals surface area (Å²) >= 11 is 6.27. The zero-order valence-corrected chi connectivity index (χ0v) is 16.4. The molecule has 0 fully saturated rings. The van der Waals surface area contributed by atoms with Crippen LogP contribution in [0.1, 0.15) is 41.0 Å². The SMILES string of the molecule is CCC(C)(C)COCC(C)(C)CN1C(=O)C(Br)=C(Br)C1=O. The van der Waals surface area contributed by atoms with Crippen molar-refractivity contribution in [2.75, 3.05) is 19.8 Å². The second-order valence-corrected chi connectivity index (χ2v) is 8.59. The lowest BCUT2D eigenvalue weighted by Crippen LogP contribution is -2.41. The number of hydrogen-bond donors (Lipinski definition) is 0. The molecule has 2 amide bonds. The molecule has 1 heterocycles. The minimum absolute atomic E-state index is 0.142. The van der Waals surface area contributed by atoms with Crippen LogP contribution in [0.4, 0.5) is 0 Å². The number of nitrogens with zero attached hydrogens (tertiary/aromatic N) is 1. The molecule has 0 atom stereocenters. The lowest BCUT2D eigenvalue weighted by atomic mass is 9.91. The predicted octanol–water partition coefficient (Wildman–Crippen LogP) is 3.84. The third-order valence-electron chi connectivity index (χ3n) is 3.59. The molecule has 0 unspecified atom stereocenters. The predicted molar refractivity (Wildman–Crippen MR) is 90.3 cm³/mol. The summed E-state index contributed by atoms with van der Waals surface area (Å²) in [5, 5.41) is 0. The summed E-state index contributed by atoms with van der Waals surface area (Å²) < 4.78 is 6.38. The molecule has 0 aromatic heterocycles. The molecule has 0 bridgehead atoms. The van der Waals surface area contributed by atoms with Gasteiger partial charge >= 0.3 is 0 Å². The van der Waals surface area contributed by atoms with Crippen LogP contribution in [0.2, 0.25) is 0 Å². The van der Waals surface area contributed by atoms with Gasteiger partial charge in [-0.25, -0.2) is 0 Å². The molecule has 120 valence electrons. The van der Waals surface area contributed by atoms with Crippen molar-refractivity contribution in [3.05, 3.63) is 8.96 Å². The maximum Gasteiger partial charge on any atom is 0.269 e. The van der Waals surface area contributed by atoms with E-state index in [2.05, 4.69) is 52.6 Å². The zero-order chi connectivity index (χ0) is 16.4. The van der Waals surface area contributed by atoms with Crippen molar-refractivity contribution in [3.63, 3.8) is 0 Å². The van der Waals surface area contributed by atoms with E-state index in [-0.39, 0.29) is 31.6 Å². The monoisotopic (exact) mass is 423 g/mol. The van der Waals surface area contributed by atoms with E-state index in [4.69, 9.17) is 4.74 Å². The van der Waals surface area contributed by atoms with Gasteiger partial charge in [0.05, 0.1) is 13.2 Å². The van der Waals surface area contributed by atoms with Crippen LogP contribution < -0.4 is 0 Å². The van der Waals surface area contributed by atoms with Gasteiger partial charge < -0.3 is 4.74 Å². The molecule has 0 spiro atoms. The number of imide groups is 1. The molecular formula is C15H23Br2NO3. The highest BCUT2D eigenvalue weighted by atomic mass is 79.9. The highest BCUT2D eigenvalue weighted by Crippen LogP contribution is 2.32. The summed E-state index contributed by atoms with van der Waals surface area (Å²) in [4.78, 5) is 25.3. The van der Waals surface area contributed by atoms with E-state index in [0.717, 1.165) is 6.42 Å². The molecule has 1 aliphatic heterocycles. The van der Waals surface area contributed by atoms with E-state index in [1.54, 1.807) is 0 Å². The first-order valence-corrected chi connectivity index (χ1v) is 8.58. The highest BCUT2D eigenvalue weighted by molar-refractivity contribution is 9.14. The van der Waals surface area contributed by atoms with Crippen LogP contribution in [0.3, 0.4) is 0 Å². The average molecular weight is 425 g/mol. The fourth-order valence-corrected chi connectivity index (χ4v) is 2.61. The summed E-state index contributed by atoms with van der Waals surface area (Å²) in [7, 11) is 0. The number of carbonyl (C=O) groups is 2.